The van der Waals surface area contributed by atoms with Crippen molar-refractivity contribution in [3.63, 3.8) is 0 Å². The maximum absolute atomic E-state index is 12.9. The van der Waals surface area contributed by atoms with Crippen LogP contribution in [0.1, 0.15) is 24.9 Å². The van der Waals surface area contributed by atoms with E-state index in [0.29, 0.717) is 6.54 Å². The van der Waals surface area contributed by atoms with Gasteiger partial charge in [0.15, 0.2) is 6.10 Å². The lowest BCUT2D eigenvalue weighted by molar-refractivity contribution is -0.143. The minimum absolute atomic E-state index is 0.155. The molecule has 0 bridgehead atoms. The molecule has 3 heterocycles. The van der Waals surface area contributed by atoms with Gasteiger partial charge in [-0.2, -0.15) is 0 Å². The van der Waals surface area contributed by atoms with Crippen LogP contribution in [0.2, 0.25) is 0 Å². The van der Waals surface area contributed by atoms with E-state index in [4.69, 9.17) is 4.84 Å². The molecule has 6 nitrogen and oxygen atoms in total. The van der Waals surface area contributed by atoms with Gasteiger partial charge >= 0.3 is 0 Å². The van der Waals surface area contributed by atoms with Gasteiger partial charge < -0.3 is 0 Å². The second-order valence-electron chi connectivity index (χ2n) is 6.27. The number of para-hydroxylation sites is 1. The zero-order chi connectivity index (χ0) is 17.4. The number of pyridine rings is 1. The summed E-state index contributed by atoms with van der Waals surface area (Å²) in [7, 11) is 0. The molecule has 25 heavy (non-hydrogen) atoms. The Hall–Kier alpha value is -2.73. The second-order valence-corrected chi connectivity index (χ2v) is 6.27. The van der Waals surface area contributed by atoms with E-state index in [-0.39, 0.29) is 17.9 Å². The minimum Gasteiger partial charge on any atom is -0.280 e. The van der Waals surface area contributed by atoms with Gasteiger partial charge in [-0.1, -0.05) is 25.1 Å². The van der Waals surface area contributed by atoms with Gasteiger partial charge in [0.2, 0.25) is 5.91 Å². The highest BCUT2D eigenvalue weighted by molar-refractivity contribution is 6.07. The molecule has 4 rings (SSSR count). The van der Waals surface area contributed by atoms with Gasteiger partial charge in [0.25, 0.3) is 5.91 Å². The first-order valence-corrected chi connectivity index (χ1v) is 8.48. The van der Waals surface area contributed by atoms with E-state index in [1.54, 1.807) is 17.5 Å². The van der Waals surface area contributed by atoms with Crippen LogP contribution >= 0.6 is 0 Å². The molecule has 1 aromatic heterocycles. The number of fused-ring (bicyclic) bond motifs is 1. The average molecular weight is 337 g/mol. The van der Waals surface area contributed by atoms with Crippen LogP contribution in [0.25, 0.3) is 0 Å². The summed E-state index contributed by atoms with van der Waals surface area (Å²) in [6, 6.07) is 12.9. The predicted molar refractivity (Wildman–Crippen MR) is 91.3 cm³/mol. The number of imide groups is 1. The monoisotopic (exact) mass is 337 g/mol. The number of benzene rings is 1. The Morgan fingerprint density at radius 2 is 1.76 bits per heavy atom. The highest BCUT2D eigenvalue weighted by Crippen LogP contribution is 2.46. The van der Waals surface area contributed by atoms with Crippen LogP contribution in [-0.2, 0) is 14.4 Å². The molecule has 128 valence electrons. The first-order valence-electron chi connectivity index (χ1n) is 8.48. The molecule has 2 amide bonds. The molecule has 2 fully saturated rings. The second kappa shape index (κ2) is 6.29. The zero-order valence-electron chi connectivity index (χ0n) is 13.9. The van der Waals surface area contributed by atoms with Crippen molar-refractivity contribution in [2.24, 2.45) is 5.92 Å². The largest absolute Gasteiger partial charge is 0.280 e. The molecule has 0 unspecified atom stereocenters. The van der Waals surface area contributed by atoms with Crippen LogP contribution in [0, 0.1) is 5.92 Å². The average Bonchev–Trinajstić information content (AvgIpc) is 3.16. The fraction of sp³-hybridized carbons (Fsp3) is 0.316. The summed E-state index contributed by atoms with van der Waals surface area (Å²) in [6.45, 7) is 2.38. The van der Waals surface area contributed by atoms with Crippen LogP contribution in [0.4, 0.5) is 5.69 Å². The number of hydroxylamine groups is 1. The Bertz CT molecular complexity index is 781. The van der Waals surface area contributed by atoms with E-state index in [2.05, 4.69) is 4.98 Å². The Morgan fingerprint density at radius 3 is 2.44 bits per heavy atom. The molecule has 2 aliphatic heterocycles. The standard InChI is InChI=1S/C19H19N3O3/c1-2-12-21-18(23)15-16(13-8-10-20-11-9-13)22(25-17(15)19(21)24)14-6-4-3-5-7-14/h3-11,15-17H,2,12H2,1H3/t15-,16-,17+/m1/s1. The van der Waals surface area contributed by atoms with Crippen molar-refractivity contribution in [2.75, 3.05) is 11.6 Å². The number of nitrogens with zero attached hydrogens (tertiary/aromatic N) is 3. The molecule has 0 aliphatic carbocycles. The van der Waals surface area contributed by atoms with Crippen molar-refractivity contribution < 1.29 is 14.4 Å². The van der Waals surface area contributed by atoms with Crippen LogP contribution in [0.5, 0.6) is 0 Å². The SMILES string of the molecule is CCCN1C(=O)[C@H]2[C@H](ON(c3ccccc3)[C@@H]2c2ccncc2)C1=O. The normalized spacial score (nSPS) is 25.6. The first kappa shape index (κ1) is 15.8. The Balaban J connectivity index is 1.77. The Kier molecular flexibility index (Phi) is 3.97. The lowest BCUT2D eigenvalue weighted by Gasteiger charge is -2.28. The Labute approximate surface area is 146 Å². The van der Waals surface area contributed by atoms with Gasteiger partial charge in [-0.3, -0.25) is 24.3 Å². The van der Waals surface area contributed by atoms with Crippen molar-refractivity contribution in [3.8, 4) is 0 Å². The van der Waals surface area contributed by atoms with E-state index in [9.17, 15) is 9.59 Å². The van der Waals surface area contributed by atoms with Crippen molar-refractivity contribution in [2.45, 2.75) is 25.5 Å². The lowest BCUT2D eigenvalue weighted by Crippen LogP contribution is -2.37. The van der Waals surface area contributed by atoms with Crippen LogP contribution in [0.3, 0.4) is 0 Å². The Morgan fingerprint density at radius 1 is 1.04 bits per heavy atom. The quantitative estimate of drug-likeness (QED) is 0.802. The molecule has 2 saturated heterocycles. The molecule has 3 atom stereocenters. The maximum atomic E-state index is 12.9. The van der Waals surface area contributed by atoms with E-state index in [1.165, 1.54) is 4.90 Å². The number of carbonyl (C=O) groups is 2. The molecule has 0 radical (unpaired) electrons. The van der Waals surface area contributed by atoms with E-state index in [1.807, 2.05) is 49.4 Å². The van der Waals surface area contributed by atoms with E-state index < -0.39 is 12.0 Å². The number of aromatic nitrogens is 1. The third kappa shape index (κ3) is 2.49. The third-order valence-corrected chi connectivity index (χ3v) is 4.71. The number of hydrogen-bond acceptors (Lipinski definition) is 5. The van der Waals surface area contributed by atoms with Crippen molar-refractivity contribution >= 4 is 17.5 Å². The van der Waals surface area contributed by atoms with Crippen LogP contribution in [-0.4, -0.2) is 34.3 Å². The summed E-state index contributed by atoms with van der Waals surface area (Å²) >= 11 is 0. The summed E-state index contributed by atoms with van der Waals surface area (Å²) < 4.78 is 0. The summed E-state index contributed by atoms with van der Waals surface area (Å²) in [5, 5.41) is 1.70. The van der Waals surface area contributed by atoms with E-state index in [0.717, 1.165) is 17.7 Å². The highest BCUT2D eigenvalue weighted by Gasteiger charge is 2.59. The molecule has 2 aromatic rings. The van der Waals surface area contributed by atoms with Crippen LogP contribution in [0.15, 0.2) is 54.9 Å². The third-order valence-electron chi connectivity index (χ3n) is 4.71. The highest BCUT2D eigenvalue weighted by atomic mass is 16.7. The number of amides is 2. The summed E-state index contributed by atoms with van der Waals surface area (Å²) in [4.78, 5) is 37.0. The van der Waals surface area contributed by atoms with Crippen LogP contribution < -0.4 is 5.06 Å². The number of hydrogen-bond donors (Lipinski definition) is 0. The number of anilines is 1. The smallest absolute Gasteiger partial charge is 0.261 e. The molecule has 0 saturated carbocycles. The zero-order valence-corrected chi connectivity index (χ0v) is 13.9. The number of carbonyl (C=O) groups excluding carboxylic acids is 2. The topological polar surface area (TPSA) is 62.7 Å². The lowest BCUT2D eigenvalue weighted by atomic mass is 9.91. The van der Waals surface area contributed by atoms with Gasteiger partial charge in [-0.05, 0) is 36.2 Å². The molecule has 1 aromatic carbocycles. The number of likely N-dealkylation sites (tertiary alicyclic amines) is 1. The van der Waals surface area contributed by atoms with Gasteiger partial charge in [0.05, 0.1) is 11.7 Å². The fourth-order valence-electron chi connectivity index (χ4n) is 3.61. The van der Waals surface area contributed by atoms with Gasteiger partial charge in [0, 0.05) is 18.9 Å². The fourth-order valence-corrected chi connectivity index (χ4v) is 3.61. The summed E-state index contributed by atoms with van der Waals surface area (Å²) in [5.41, 5.74) is 1.73. The van der Waals surface area contributed by atoms with Gasteiger partial charge in [0.1, 0.15) is 5.92 Å². The molecule has 6 heteroatoms. The van der Waals surface area contributed by atoms with Gasteiger partial charge in [-0.25, -0.2) is 5.06 Å². The van der Waals surface area contributed by atoms with E-state index >= 15 is 0 Å². The molecule has 2 aliphatic rings. The summed E-state index contributed by atoms with van der Waals surface area (Å²) in [6.07, 6.45) is 3.35. The molecule has 0 spiro atoms. The maximum Gasteiger partial charge on any atom is 0.261 e. The van der Waals surface area contributed by atoms with Gasteiger partial charge in [-0.15, -0.1) is 0 Å². The van der Waals surface area contributed by atoms with Crippen molar-refractivity contribution in [1.82, 2.24) is 9.88 Å². The predicted octanol–water partition coefficient (Wildman–Crippen LogP) is 2.34. The number of rotatable bonds is 4. The molecular formula is C19H19N3O3. The summed E-state index contributed by atoms with van der Waals surface area (Å²) in [5.74, 6) is -0.937. The molecular weight excluding hydrogens is 318 g/mol. The van der Waals surface area contributed by atoms with Crippen molar-refractivity contribution in [3.05, 3.63) is 60.4 Å². The molecule has 0 N–H and O–H groups in total. The first-order chi connectivity index (χ1) is 12.2. The van der Waals surface area contributed by atoms with Crippen molar-refractivity contribution in [1.29, 1.82) is 0 Å². The minimum atomic E-state index is -0.766.